The lowest BCUT2D eigenvalue weighted by molar-refractivity contribution is -0.146. The molecule has 2 amide bonds. The van der Waals surface area contributed by atoms with Gasteiger partial charge in [-0.15, -0.1) is 0 Å². The smallest absolute Gasteiger partial charge is 0.387 e. The van der Waals surface area contributed by atoms with Crippen LogP contribution in [0.2, 0.25) is 0 Å². The first-order valence-electron chi connectivity index (χ1n) is 7.87. The second-order valence-corrected chi connectivity index (χ2v) is 5.30. The summed E-state index contributed by atoms with van der Waals surface area (Å²) in [5, 5.41) is 4.66. The largest absolute Gasteiger partial charge is 0.454 e. The van der Waals surface area contributed by atoms with Crippen LogP contribution in [0.1, 0.15) is 10.4 Å². The lowest BCUT2D eigenvalue weighted by Gasteiger charge is -2.09. The van der Waals surface area contributed by atoms with Crippen molar-refractivity contribution < 1.29 is 37.0 Å². The van der Waals surface area contributed by atoms with Gasteiger partial charge in [0.25, 0.3) is 11.8 Å². The molecular weight excluding hydrogens is 381 g/mol. The average Bonchev–Trinajstić information content (AvgIpc) is 2.66. The fourth-order valence-corrected chi connectivity index (χ4v) is 1.97. The number of amides is 2. The van der Waals surface area contributed by atoms with Gasteiger partial charge in [-0.1, -0.05) is 0 Å². The molecule has 2 aromatic carbocycles. The third kappa shape index (κ3) is 6.98. The van der Waals surface area contributed by atoms with Crippen molar-refractivity contribution in [2.75, 3.05) is 18.5 Å². The molecular formula is C18H15F3N2O5. The van der Waals surface area contributed by atoms with Gasteiger partial charge in [0.15, 0.2) is 6.61 Å². The summed E-state index contributed by atoms with van der Waals surface area (Å²) in [5.74, 6) is -2.70. The summed E-state index contributed by atoms with van der Waals surface area (Å²) in [6.45, 7) is -4.05. The summed E-state index contributed by atoms with van der Waals surface area (Å²) in [5.41, 5.74) is 0.443. The molecule has 2 aromatic rings. The van der Waals surface area contributed by atoms with Crippen molar-refractivity contribution >= 4 is 23.5 Å². The van der Waals surface area contributed by atoms with Crippen LogP contribution in [-0.2, 0) is 14.3 Å². The maximum absolute atomic E-state index is 12.8. The summed E-state index contributed by atoms with van der Waals surface area (Å²) >= 11 is 0. The van der Waals surface area contributed by atoms with E-state index in [1.807, 2.05) is 0 Å². The third-order valence-corrected chi connectivity index (χ3v) is 3.23. The summed E-state index contributed by atoms with van der Waals surface area (Å²) in [7, 11) is 0. The summed E-state index contributed by atoms with van der Waals surface area (Å²) < 4.78 is 45.8. The first-order chi connectivity index (χ1) is 13.3. The zero-order valence-electron chi connectivity index (χ0n) is 14.3. The molecule has 0 aliphatic rings. The first-order valence-corrected chi connectivity index (χ1v) is 7.87. The fourth-order valence-electron chi connectivity index (χ4n) is 1.97. The van der Waals surface area contributed by atoms with Gasteiger partial charge in [-0.3, -0.25) is 14.4 Å². The zero-order chi connectivity index (χ0) is 20.5. The van der Waals surface area contributed by atoms with Crippen molar-refractivity contribution in [1.82, 2.24) is 5.32 Å². The van der Waals surface area contributed by atoms with E-state index in [9.17, 15) is 27.6 Å². The number of benzene rings is 2. The number of esters is 1. The second-order valence-electron chi connectivity index (χ2n) is 5.30. The monoisotopic (exact) mass is 396 g/mol. The van der Waals surface area contributed by atoms with Crippen LogP contribution in [0.3, 0.4) is 0 Å². The normalized spacial score (nSPS) is 10.3. The maximum Gasteiger partial charge on any atom is 0.387 e. The minimum Gasteiger partial charge on any atom is -0.454 e. The van der Waals surface area contributed by atoms with Gasteiger partial charge in [0.2, 0.25) is 0 Å². The molecule has 28 heavy (non-hydrogen) atoms. The van der Waals surface area contributed by atoms with E-state index in [1.54, 1.807) is 0 Å². The van der Waals surface area contributed by atoms with E-state index in [-0.39, 0.29) is 17.0 Å². The zero-order valence-corrected chi connectivity index (χ0v) is 14.3. The van der Waals surface area contributed by atoms with Gasteiger partial charge in [0.1, 0.15) is 18.1 Å². The first kappa shape index (κ1) is 20.7. The number of hydrogen-bond donors (Lipinski definition) is 2. The molecule has 0 heterocycles. The van der Waals surface area contributed by atoms with Crippen LogP contribution < -0.4 is 15.4 Å². The summed E-state index contributed by atoms with van der Waals surface area (Å²) in [6.07, 6.45) is 0. The number of carbonyl (C=O) groups is 3. The van der Waals surface area contributed by atoms with Crippen LogP contribution in [0.4, 0.5) is 18.9 Å². The standard InChI is InChI=1S/C18H15F3N2O5/c19-12-3-1-11(2-4-12)17(26)22-9-16(25)27-10-15(24)23-13-5-7-14(8-6-13)28-18(20)21/h1-8,18H,9-10H2,(H,22,26)(H,23,24). The van der Waals surface area contributed by atoms with Gasteiger partial charge in [-0.2, -0.15) is 8.78 Å². The molecule has 0 saturated carbocycles. The Balaban J connectivity index is 1.71. The molecule has 0 spiro atoms. The molecule has 0 atom stereocenters. The average molecular weight is 396 g/mol. The predicted molar refractivity (Wildman–Crippen MR) is 91.4 cm³/mol. The van der Waals surface area contributed by atoms with E-state index in [1.165, 1.54) is 36.4 Å². The quantitative estimate of drug-likeness (QED) is 0.668. The van der Waals surface area contributed by atoms with E-state index >= 15 is 0 Å². The minimum absolute atomic E-state index is 0.0728. The Morgan fingerprint density at radius 3 is 2.21 bits per heavy atom. The van der Waals surface area contributed by atoms with Gasteiger partial charge < -0.3 is 20.1 Å². The van der Waals surface area contributed by atoms with E-state index in [2.05, 4.69) is 15.4 Å². The van der Waals surface area contributed by atoms with Gasteiger partial charge >= 0.3 is 12.6 Å². The van der Waals surface area contributed by atoms with Gasteiger partial charge in [-0.25, -0.2) is 4.39 Å². The van der Waals surface area contributed by atoms with Crippen molar-refractivity contribution in [2.24, 2.45) is 0 Å². The molecule has 2 N–H and O–H groups in total. The highest BCUT2D eigenvalue weighted by Crippen LogP contribution is 2.17. The van der Waals surface area contributed by atoms with Gasteiger partial charge in [0, 0.05) is 11.3 Å². The molecule has 0 saturated heterocycles. The number of anilines is 1. The third-order valence-electron chi connectivity index (χ3n) is 3.23. The number of hydrogen-bond acceptors (Lipinski definition) is 5. The van der Waals surface area contributed by atoms with Gasteiger partial charge in [0.05, 0.1) is 0 Å². The lowest BCUT2D eigenvalue weighted by atomic mass is 10.2. The Hall–Kier alpha value is -3.56. The molecule has 10 heteroatoms. The Morgan fingerprint density at radius 1 is 0.964 bits per heavy atom. The SMILES string of the molecule is O=C(COC(=O)CNC(=O)c1ccc(F)cc1)Nc1ccc(OC(F)F)cc1. The molecule has 0 bridgehead atoms. The van der Waals surface area contributed by atoms with Crippen LogP contribution in [0.5, 0.6) is 5.75 Å². The van der Waals surface area contributed by atoms with Crippen molar-refractivity contribution in [2.45, 2.75) is 6.61 Å². The molecule has 148 valence electrons. The Kier molecular flexibility index (Phi) is 7.37. The molecule has 7 nitrogen and oxygen atoms in total. The van der Waals surface area contributed by atoms with E-state index in [4.69, 9.17) is 4.74 Å². The van der Waals surface area contributed by atoms with E-state index in [0.29, 0.717) is 0 Å². The maximum atomic E-state index is 12.8. The van der Waals surface area contributed by atoms with Crippen LogP contribution in [0.15, 0.2) is 48.5 Å². The number of nitrogens with one attached hydrogen (secondary N) is 2. The van der Waals surface area contributed by atoms with Crippen molar-refractivity contribution in [1.29, 1.82) is 0 Å². The molecule has 2 rings (SSSR count). The Morgan fingerprint density at radius 2 is 1.61 bits per heavy atom. The highest BCUT2D eigenvalue weighted by Gasteiger charge is 2.11. The number of carbonyl (C=O) groups excluding carboxylic acids is 3. The van der Waals surface area contributed by atoms with Gasteiger partial charge in [-0.05, 0) is 48.5 Å². The number of halogens is 3. The van der Waals surface area contributed by atoms with Crippen molar-refractivity contribution in [3.63, 3.8) is 0 Å². The van der Waals surface area contributed by atoms with Crippen LogP contribution in [0.25, 0.3) is 0 Å². The van der Waals surface area contributed by atoms with Crippen LogP contribution >= 0.6 is 0 Å². The molecule has 0 aliphatic carbocycles. The summed E-state index contributed by atoms with van der Waals surface area (Å²) in [4.78, 5) is 35.0. The molecule has 0 fully saturated rings. The fraction of sp³-hybridized carbons (Fsp3) is 0.167. The second kappa shape index (κ2) is 9.95. The van der Waals surface area contributed by atoms with E-state index < -0.39 is 43.4 Å². The molecule has 0 radical (unpaired) electrons. The number of rotatable bonds is 8. The highest BCUT2D eigenvalue weighted by atomic mass is 19.3. The van der Waals surface area contributed by atoms with Crippen LogP contribution in [0, 0.1) is 5.82 Å². The summed E-state index contributed by atoms with van der Waals surface area (Å²) in [6, 6.07) is 9.84. The van der Waals surface area contributed by atoms with Crippen LogP contribution in [-0.4, -0.2) is 37.5 Å². The predicted octanol–water partition coefficient (Wildman–Crippen LogP) is 2.34. The Bertz CT molecular complexity index is 826. The Labute approximate surface area is 157 Å². The van der Waals surface area contributed by atoms with Crippen molar-refractivity contribution in [3.8, 4) is 5.75 Å². The molecule has 0 aliphatic heterocycles. The molecule has 0 unspecified atom stereocenters. The minimum atomic E-state index is -2.96. The topological polar surface area (TPSA) is 93.7 Å². The number of ether oxygens (including phenoxy) is 2. The van der Waals surface area contributed by atoms with E-state index in [0.717, 1.165) is 12.1 Å². The lowest BCUT2D eigenvalue weighted by Crippen LogP contribution is -2.32. The molecule has 0 aromatic heterocycles. The number of alkyl halides is 2. The highest BCUT2D eigenvalue weighted by molar-refractivity contribution is 5.96. The van der Waals surface area contributed by atoms with Crippen molar-refractivity contribution in [3.05, 3.63) is 59.9 Å².